The molecule has 0 aliphatic heterocycles. The van der Waals surface area contributed by atoms with Crippen LogP contribution in [0.2, 0.25) is 5.02 Å². The van der Waals surface area contributed by atoms with Gasteiger partial charge in [-0.15, -0.1) is 4.83 Å². The van der Waals surface area contributed by atoms with Crippen molar-refractivity contribution in [1.82, 2.24) is 15.2 Å². The molecule has 0 radical (unpaired) electrons. The number of nitrogens with zero attached hydrogens (tertiary/aromatic N) is 2. The van der Waals surface area contributed by atoms with Crippen LogP contribution >= 0.6 is 11.6 Å². The third-order valence-electron chi connectivity index (χ3n) is 3.79. The maximum Gasteiger partial charge on any atom is 0.322 e. The lowest BCUT2D eigenvalue weighted by atomic mass is 9.87. The van der Waals surface area contributed by atoms with Crippen LogP contribution in [0.4, 0.5) is 5.82 Å². The van der Waals surface area contributed by atoms with E-state index in [1.165, 1.54) is 24.4 Å². The average molecular weight is 429 g/mol. The first-order chi connectivity index (χ1) is 12.8. The zero-order chi connectivity index (χ0) is 21.3. The second-order valence-electron chi connectivity index (χ2n) is 7.06. The van der Waals surface area contributed by atoms with E-state index in [1.54, 1.807) is 20.8 Å². The lowest BCUT2D eigenvalue weighted by molar-refractivity contribution is -0.142. The van der Waals surface area contributed by atoms with Gasteiger partial charge in [0, 0.05) is 17.0 Å². The number of hydrogen-bond donors (Lipinski definition) is 5. The van der Waals surface area contributed by atoms with Crippen molar-refractivity contribution in [2.24, 2.45) is 21.9 Å². The molecule has 10 nitrogen and oxygen atoms in total. The normalized spacial score (nSPS) is 13.3. The van der Waals surface area contributed by atoms with Crippen LogP contribution in [0, 0.1) is 5.41 Å². The van der Waals surface area contributed by atoms with Crippen molar-refractivity contribution in [2.75, 3.05) is 0 Å². The number of aliphatic carboxylic acids is 1. The summed E-state index contributed by atoms with van der Waals surface area (Å²) < 4.78 is 25.3. The summed E-state index contributed by atoms with van der Waals surface area (Å²) >= 11 is 6.10. The van der Waals surface area contributed by atoms with Crippen LogP contribution in [0.25, 0.3) is 10.8 Å². The Labute approximate surface area is 167 Å². The zero-order valence-electron chi connectivity index (χ0n) is 15.4. The van der Waals surface area contributed by atoms with Gasteiger partial charge in [0.1, 0.15) is 6.04 Å². The number of pyridine rings is 1. The van der Waals surface area contributed by atoms with Gasteiger partial charge in [0.25, 0.3) is 10.0 Å². The van der Waals surface area contributed by atoms with Crippen LogP contribution in [0.1, 0.15) is 20.8 Å². The van der Waals surface area contributed by atoms with E-state index < -0.39 is 27.4 Å². The third kappa shape index (κ3) is 4.87. The number of aromatic nitrogens is 1. The number of sulfonamides is 1. The van der Waals surface area contributed by atoms with Gasteiger partial charge >= 0.3 is 5.97 Å². The standard InChI is InChI=1S/C16H21ClN6O4S/c1-16(2,3)12(14(24)25)22-23-28(26,27)8-4-5-9-10(6-8)13(21-15(18)19)20-7-11(9)17/h4-7,12,22-23H,1-3H3,(H,24,25)(H4,18,19,20,21)/t12-/m0/s1. The van der Waals surface area contributed by atoms with Gasteiger partial charge in [0.2, 0.25) is 0 Å². The summed E-state index contributed by atoms with van der Waals surface area (Å²) in [5.74, 6) is -1.35. The van der Waals surface area contributed by atoms with Crippen molar-refractivity contribution in [3.63, 3.8) is 0 Å². The van der Waals surface area contributed by atoms with Crippen LogP contribution in [0.15, 0.2) is 34.3 Å². The molecule has 0 aliphatic carbocycles. The third-order valence-corrected chi connectivity index (χ3v) is 5.35. The minimum absolute atomic E-state index is 0.0995. The Morgan fingerprint density at radius 3 is 2.46 bits per heavy atom. The van der Waals surface area contributed by atoms with Gasteiger partial charge in [-0.25, -0.2) is 18.8 Å². The molecule has 0 amide bonds. The van der Waals surface area contributed by atoms with Gasteiger partial charge in [0.05, 0.1) is 9.92 Å². The van der Waals surface area contributed by atoms with Crippen LogP contribution in [0.3, 0.4) is 0 Å². The quantitative estimate of drug-likeness (QED) is 0.258. The Morgan fingerprint density at radius 2 is 1.93 bits per heavy atom. The number of halogens is 1. The molecule has 1 atom stereocenters. The number of carboxylic acid groups (broad SMARTS) is 1. The van der Waals surface area contributed by atoms with Crippen molar-refractivity contribution in [2.45, 2.75) is 31.7 Å². The molecule has 2 aromatic rings. The molecule has 1 heterocycles. The van der Waals surface area contributed by atoms with Gasteiger partial charge in [-0.3, -0.25) is 4.79 Å². The molecule has 0 spiro atoms. The summed E-state index contributed by atoms with van der Waals surface area (Å²) in [6.45, 7) is 4.99. The van der Waals surface area contributed by atoms with E-state index in [-0.39, 0.29) is 16.7 Å². The molecule has 0 saturated carbocycles. The highest BCUT2D eigenvalue weighted by atomic mass is 35.5. The molecule has 0 saturated heterocycles. The molecule has 7 N–H and O–H groups in total. The Balaban J connectivity index is 2.46. The first kappa shape index (κ1) is 21.8. The molecule has 1 aromatic carbocycles. The molecule has 152 valence electrons. The van der Waals surface area contributed by atoms with Crippen LogP contribution < -0.4 is 21.7 Å². The zero-order valence-corrected chi connectivity index (χ0v) is 17.0. The maximum atomic E-state index is 12.6. The highest BCUT2D eigenvalue weighted by Gasteiger charge is 2.32. The van der Waals surface area contributed by atoms with Gasteiger partial charge < -0.3 is 16.6 Å². The Morgan fingerprint density at radius 1 is 1.29 bits per heavy atom. The van der Waals surface area contributed by atoms with Crippen molar-refractivity contribution in [3.8, 4) is 0 Å². The topological polar surface area (TPSA) is 173 Å². The number of carbonyl (C=O) groups is 1. The van der Waals surface area contributed by atoms with Gasteiger partial charge in [0.15, 0.2) is 11.8 Å². The number of nitrogens with two attached hydrogens (primary N) is 2. The van der Waals surface area contributed by atoms with E-state index in [4.69, 9.17) is 23.1 Å². The predicted molar refractivity (Wildman–Crippen MR) is 107 cm³/mol. The summed E-state index contributed by atoms with van der Waals surface area (Å²) in [6.07, 6.45) is 1.35. The molecule has 0 fully saturated rings. The average Bonchev–Trinajstić information content (AvgIpc) is 2.55. The lowest BCUT2D eigenvalue weighted by Crippen LogP contribution is -2.53. The Kier molecular flexibility index (Phi) is 6.14. The van der Waals surface area contributed by atoms with E-state index >= 15 is 0 Å². The Hall–Kier alpha value is -2.47. The van der Waals surface area contributed by atoms with E-state index in [2.05, 4.69) is 20.2 Å². The van der Waals surface area contributed by atoms with Gasteiger partial charge in [-0.2, -0.15) is 4.99 Å². The smallest absolute Gasteiger partial charge is 0.322 e. The fourth-order valence-corrected chi connectivity index (χ4v) is 3.52. The molecule has 0 bridgehead atoms. The highest BCUT2D eigenvalue weighted by molar-refractivity contribution is 7.89. The summed E-state index contributed by atoms with van der Waals surface area (Å²) in [6, 6.07) is 2.95. The number of hydrogen-bond acceptors (Lipinski definition) is 6. The molecule has 2 rings (SSSR count). The van der Waals surface area contributed by atoms with Gasteiger partial charge in [-0.1, -0.05) is 38.4 Å². The SMILES string of the molecule is CC(C)(C)[C@@H](NNS(=O)(=O)c1ccc2c(Cl)cnc(N=C(N)N)c2c1)C(=O)O. The number of carboxylic acids is 1. The predicted octanol–water partition coefficient (Wildman–Crippen LogP) is 1.08. The van der Waals surface area contributed by atoms with E-state index in [0.717, 1.165) is 0 Å². The van der Waals surface area contributed by atoms with Crippen molar-refractivity contribution >= 4 is 50.1 Å². The molecule has 0 aliphatic rings. The summed E-state index contributed by atoms with van der Waals surface area (Å²) in [4.78, 5) is 21.2. The first-order valence-corrected chi connectivity index (χ1v) is 9.87. The fourth-order valence-electron chi connectivity index (χ4n) is 2.40. The lowest BCUT2D eigenvalue weighted by Gasteiger charge is -2.27. The summed E-state index contributed by atoms with van der Waals surface area (Å²) in [5.41, 5.74) is 12.4. The van der Waals surface area contributed by atoms with Crippen molar-refractivity contribution in [3.05, 3.63) is 29.4 Å². The van der Waals surface area contributed by atoms with Crippen molar-refractivity contribution < 1.29 is 18.3 Å². The molecule has 1 aromatic heterocycles. The number of nitrogens with one attached hydrogen (secondary N) is 2. The maximum absolute atomic E-state index is 12.6. The largest absolute Gasteiger partial charge is 0.480 e. The van der Waals surface area contributed by atoms with E-state index in [1.807, 2.05) is 0 Å². The minimum atomic E-state index is -4.10. The first-order valence-electron chi connectivity index (χ1n) is 8.01. The number of aliphatic imine (C=N–C) groups is 1. The summed E-state index contributed by atoms with van der Waals surface area (Å²) in [7, 11) is -4.10. The van der Waals surface area contributed by atoms with Crippen LogP contribution in [0.5, 0.6) is 0 Å². The molecular formula is C16H21ClN6O4S. The molecule has 28 heavy (non-hydrogen) atoms. The Bertz CT molecular complexity index is 1050. The summed E-state index contributed by atoms with van der Waals surface area (Å²) in [5, 5.41) is 10.4. The number of fused-ring (bicyclic) bond motifs is 1. The van der Waals surface area contributed by atoms with E-state index in [0.29, 0.717) is 15.8 Å². The monoisotopic (exact) mass is 428 g/mol. The number of rotatable bonds is 6. The number of benzene rings is 1. The molecule has 12 heteroatoms. The molecule has 0 unspecified atom stereocenters. The second-order valence-corrected chi connectivity index (χ2v) is 9.15. The van der Waals surface area contributed by atoms with Crippen molar-refractivity contribution in [1.29, 1.82) is 0 Å². The van der Waals surface area contributed by atoms with Crippen LogP contribution in [-0.2, 0) is 14.8 Å². The highest BCUT2D eigenvalue weighted by Crippen LogP contribution is 2.31. The minimum Gasteiger partial charge on any atom is -0.480 e. The molecular weight excluding hydrogens is 408 g/mol. The van der Waals surface area contributed by atoms with E-state index in [9.17, 15) is 18.3 Å². The number of hydrazine groups is 1. The second kappa shape index (κ2) is 7.87. The van der Waals surface area contributed by atoms with Gasteiger partial charge in [-0.05, 0) is 17.5 Å². The van der Waals surface area contributed by atoms with Crippen LogP contribution in [-0.4, -0.2) is 36.5 Å². The number of guanidine groups is 1. The fraction of sp³-hybridized carbons (Fsp3) is 0.312.